The molecule has 4 atom stereocenters. The molecule has 0 aromatic carbocycles. The number of hydrogen-bond donors (Lipinski definition) is 8. The highest BCUT2D eigenvalue weighted by Gasteiger charge is 2.38. The van der Waals surface area contributed by atoms with Crippen LogP contribution in [0.3, 0.4) is 0 Å². The second kappa shape index (κ2) is 16.4. The van der Waals surface area contributed by atoms with E-state index in [-0.39, 0.29) is 18.7 Å². The van der Waals surface area contributed by atoms with E-state index in [4.69, 9.17) is 27.4 Å². The molecule has 0 radical (unpaired) electrons. The Bertz CT molecular complexity index is 904. The van der Waals surface area contributed by atoms with Gasteiger partial charge in [-0.05, 0) is 31.6 Å². The molecular weight excluding hydrogens is 526 g/mol. The average Bonchev–Trinajstić information content (AvgIpc) is 3.32. The second-order valence-corrected chi connectivity index (χ2v) is 9.67. The number of carbonyl (C=O) groups excluding carboxylic acids is 5. The quantitative estimate of drug-likeness (QED) is 0.0787. The van der Waals surface area contributed by atoms with Crippen LogP contribution in [0.25, 0.3) is 0 Å². The highest BCUT2D eigenvalue weighted by molar-refractivity contribution is 7.99. The molecule has 0 saturated carbocycles. The number of hydrogen-bond acceptors (Lipinski definition) is 10. The largest absolute Gasteiger partial charge is 0.481 e. The summed E-state index contributed by atoms with van der Waals surface area (Å²) in [7, 11) is 0. The zero-order chi connectivity index (χ0) is 28.8. The number of nitrogens with zero attached hydrogens (tertiary/aromatic N) is 1. The lowest BCUT2D eigenvalue weighted by atomic mass is 10.1. The summed E-state index contributed by atoms with van der Waals surface area (Å²) in [4.78, 5) is 84.8. The van der Waals surface area contributed by atoms with Crippen LogP contribution in [-0.4, -0.2) is 112 Å². The molecule has 0 bridgehead atoms. The third kappa shape index (κ3) is 11.3. The molecule has 0 aliphatic carbocycles. The van der Waals surface area contributed by atoms with Crippen LogP contribution in [0.4, 0.5) is 0 Å². The Morgan fingerprint density at radius 2 is 1.71 bits per heavy atom. The minimum atomic E-state index is -1.69. The Balaban J connectivity index is 2.84. The van der Waals surface area contributed by atoms with Crippen molar-refractivity contribution in [2.45, 2.75) is 56.3 Å². The molecule has 214 valence electrons. The van der Waals surface area contributed by atoms with E-state index in [0.29, 0.717) is 31.6 Å². The molecule has 0 spiro atoms. The zero-order valence-electron chi connectivity index (χ0n) is 20.7. The number of carboxylic acid groups (broad SMARTS) is 2. The molecule has 1 saturated heterocycles. The van der Waals surface area contributed by atoms with Crippen LogP contribution in [0, 0.1) is 0 Å². The van der Waals surface area contributed by atoms with Gasteiger partial charge in [0.1, 0.15) is 18.1 Å². The molecule has 1 rings (SSSR count). The van der Waals surface area contributed by atoms with Crippen LogP contribution in [0.15, 0.2) is 0 Å². The van der Waals surface area contributed by atoms with Crippen molar-refractivity contribution in [3.8, 4) is 0 Å². The summed E-state index contributed by atoms with van der Waals surface area (Å²) < 4.78 is 0. The summed E-state index contributed by atoms with van der Waals surface area (Å²) in [5.41, 5.74) is 16.3. The first-order valence-corrected chi connectivity index (χ1v) is 13.0. The topological polar surface area (TPSA) is 277 Å². The number of aliphatic carboxylic acids is 2. The van der Waals surface area contributed by atoms with Gasteiger partial charge >= 0.3 is 11.9 Å². The van der Waals surface area contributed by atoms with Gasteiger partial charge in [0.25, 0.3) is 0 Å². The summed E-state index contributed by atoms with van der Waals surface area (Å²) in [6, 6.07) is -4.95. The molecule has 0 aromatic rings. The Morgan fingerprint density at radius 1 is 1.03 bits per heavy atom. The fraction of sp³-hybridized carbons (Fsp3) is 0.667. The summed E-state index contributed by atoms with van der Waals surface area (Å²) in [5, 5.41) is 24.7. The molecule has 11 N–H and O–H groups in total. The molecule has 38 heavy (non-hydrogen) atoms. The van der Waals surface area contributed by atoms with Gasteiger partial charge in [-0.2, -0.15) is 11.8 Å². The highest BCUT2D eigenvalue weighted by atomic mass is 32.2. The van der Waals surface area contributed by atoms with Gasteiger partial charge in [-0.15, -0.1) is 0 Å². The number of rotatable bonds is 17. The molecule has 17 heteroatoms. The number of carbonyl (C=O) groups is 7. The van der Waals surface area contributed by atoms with E-state index in [1.807, 2.05) is 5.32 Å². The molecule has 1 heterocycles. The number of nitrogens with one attached hydrogen (secondary N) is 3. The van der Waals surface area contributed by atoms with Crippen LogP contribution >= 0.6 is 11.8 Å². The van der Waals surface area contributed by atoms with Crippen molar-refractivity contribution in [2.75, 3.05) is 31.1 Å². The summed E-state index contributed by atoms with van der Waals surface area (Å²) >= 11 is 1.32. The minimum absolute atomic E-state index is 0.109. The molecule has 1 fully saturated rings. The SMILES string of the molecule is NCCCSC[C@H](NC(=O)[C@@H]1CCCN1C(=O)[C@@H](N)CC(N)=O)C(=O)NCC(=O)N[C@@H](CC(=O)O)C(=O)O. The fourth-order valence-electron chi connectivity index (χ4n) is 3.57. The molecule has 0 unspecified atom stereocenters. The Morgan fingerprint density at radius 3 is 2.29 bits per heavy atom. The summed E-state index contributed by atoms with van der Waals surface area (Å²) in [5.74, 6) is -6.00. The number of amides is 5. The Hall–Kier alpha value is -3.44. The van der Waals surface area contributed by atoms with Crippen molar-refractivity contribution >= 4 is 53.2 Å². The van der Waals surface area contributed by atoms with Gasteiger partial charge in [-0.1, -0.05) is 0 Å². The van der Waals surface area contributed by atoms with E-state index in [1.54, 1.807) is 0 Å². The predicted octanol–water partition coefficient (Wildman–Crippen LogP) is -4.09. The summed E-state index contributed by atoms with van der Waals surface area (Å²) in [6.07, 6.45) is 0.210. The number of nitrogens with two attached hydrogens (primary N) is 3. The van der Waals surface area contributed by atoms with Crippen LogP contribution < -0.4 is 33.2 Å². The first-order valence-electron chi connectivity index (χ1n) is 11.8. The standard InChI is InChI=1S/C21H35N7O9S/c22-4-2-6-38-10-13(18(33)25-9-16(30)26-12(21(36)37)8-17(31)32)27-19(34)14-3-1-5-28(14)20(35)11(23)7-15(24)29/h11-14H,1-10,22-23H2,(H2,24,29)(H,25,33)(H,26,30)(H,27,34)(H,31,32)(H,36,37)/t11-,12-,13-,14-/m0/s1. The maximum absolute atomic E-state index is 13.0. The molecule has 5 amide bonds. The summed E-state index contributed by atoms with van der Waals surface area (Å²) in [6.45, 7) is -0.0208. The van der Waals surface area contributed by atoms with E-state index >= 15 is 0 Å². The van der Waals surface area contributed by atoms with Crippen LogP contribution in [-0.2, 0) is 33.6 Å². The van der Waals surface area contributed by atoms with Crippen LogP contribution in [0.5, 0.6) is 0 Å². The number of carboxylic acids is 2. The van der Waals surface area contributed by atoms with Crippen molar-refractivity contribution in [1.82, 2.24) is 20.9 Å². The minimum Gasteiger partial charge on any atom is -0.481 e. The zero-order valence-corrected chi connectivity index (χ0v) is 21.5. The molecule has 1 aliphatic heterocycles. The third-order valence-corrected chi connectivity index (χ3v) is 6.57. The van der Waals surface area contributed by atoms with Gasteiger partial charge in [0.05, 0.1) is 25.4 Å². The lowest BCUT2D eigenvalue weighted by Gasteiger charge is -2.28. The van der Waals surface area contributed by atoms with Gasteiger partial charge in [-0.3, -0.25) is 28.8 Å². The van der Waals surface area contributed by atoms with Crippen LogP contribution in [0.2, 0.25) is 0 Å². The lowest BCUT2D eigenvalue weighted by molar-refractivity contribution is -0.147. The Labute approximate surface area is 222 Å². The van der Waals surface area contributed by atoms with Gasteiger partial charge in [-0.25, -0.2) is 4.79 Å². The van der Waals surface area contributed by atoms with Crippen molar-refractivity contribution in [3.05, 3.63) is 0 Å². The number of likely N-dealkylation sites (tertiary alicyclic amines) is 1. The van der Waals surface area contributed by atoms with Crippen molar-refractivity contribution < 1.29 is 43.8 Å². The van der Waals surface area contributed by atoms with Crippen molar-refractivity contribution in [3.63, 3.8) is 0 Å². The maximum atomic E-state index is 13.0. The van der Waals surface area contributed by atoms with Crippen molar-refractivity contribution in [1.29, 1.82) is 0 Å². The third-order valence-electron chi connectivity index (χ3n) is 5.42. The van der Waals surface area contributed by atoms with Gasteiger partial charge in [0, 0.05) is 12.3 Å². The number of thioether (sulfide) groups is 1. The first-order chi connectivity index (χ1) is 17.9. The maximum Gasteiger partial charge on any atom is 0.326 e. The van der Waals surface area contributed by atoms with Crippen molar-refractivity contribution in [2.24, 2.45) is 17.2 Å². The Kier molecular flexibility index (Phi) is 14.1. The van der Waals surface area contributed by atoms with Crippen LogP contribution in [0.1, 0.15) is 32.1 Å². The molecular formula is C21H35N7O9S. The van der Waals surface area contributed by atoms with E-state index in [0.717, 1.165) is 0 Å². The smallest absolute Gasteiger partial charge is 0.326 e. The molecule has 16 nitrogen and oxygen atoms in total. The second-order valence-electron chi connectivity index (χ2n) is 8.52. The monoisotopic (exact) mass is 561 g/mol. The lowest BCUT2D eigenvalue weighted by Crippen LogP contribution is -2.57. The first kappa shape index (κ1) is 32.6. The average molecular weight is 562 g/mol. The van der Waals surface area contributed by atoms with E-state index in [2.05, 4.69) is 10.6 Å². The molecule has 0 aromatic heterocycles. The van der Waals surface area contributed by atoms with Gasteiger partial charge in [0.2, 0.25) is 29.5 Å². The van der Waals surface area contributed by atoms with E-state index < -0.39 is 78.6 Å². The highest BCUT2D eigenvalue weighted by Crippen LogP contribution is 2.19. The number of primary amides is 1. The van der Waals surface area contributed by atoms with E-state index in [1.165, 1.54) is 16.7 Å². The van der Waals surface area contributed by atoms with E-state index in [9.17, 15) is 33.6 Å². The van der Waals surface area contributed by atoms with Gasteiger partial charge < -0.3 is 48.3 Å². The fourth-order valence-corrected chi connectivity index (χ4v) is 4.58. The normalized spacial score (nSPS) is 17.1. The predicted molar refractivity (Wildman–Crippen MR) is 134 cm³/mol. The molecule has 1 aliphatic rings. The van der Waals surface area contributed by atoms with Gasteiger partial charge in [0.15, 0.2) is 0 Å².